The van der Waals surface area contributed by atoms with Crippen LogP contribution in [0.5, 0.6) is 0 Å². The molecule has 0 spiro atoms. The number of nitrogens with zero attached hydrogens (tertiary/aromatic N) is 1. The van der Waals surface area contributed by atoms with Crippen molar-refractivity contribution >= 4 is 11.8 Å². The summed E-state index contributed by atoms with van der Waals surface area (Å²) in [6, 6.07) is 16.0. The zero-order valence-corrected chi connectivity index (χ0v) is 16.1. The molecule has 0 saturated carbocycles. The number of hydrogen-bond acceptors (Lipinski definition) is 2. The van der Waals surface area contributed by atoms with E-state index in [1.807, 2.05) is 30.0 Å². The van der Waals surface area contributed by atoms with E-state index in [2.05, 4.69) is 36.5 Å². The Bertz CT molecular complexity index is 811. The fourth-order valence-corrected chi connectivity index (χ4v) is 3.52. The molecule has 0 unspecified atom stereocenters. The van der Waals surface area contributed by atoms with Crippen molar-refractivity contribution in [3.63, 3.8) is 0 Å². The predicted octanol–water partition coefficient (Wildman–Crippen LogP) is 0.961. The summed E-state index contributed by atoms with van der Waals surface area (Å²) >= 11 is 0. The number of nitrogens with one attached hydrogen (secondary N) is 2. The Balaban J connectivity index is 1.43. The average Bonchev–Trinajstić information content (AvgIpc) is 2.66. The number of carbonyl (C=O) groups is 2. The van der Waals surface area contributed by atoms with Crippen LogP contribution in [0.15, 0.2) is 48.5 Å². The molecule has 1 fully saturated rings. The van der Waals surface area contributed by atoms with E-state index >= 15 is 0 Å². The minimum atomic E-state index is -0.198. The van der Waals surface area contributed by atoms with E-state index in [-0.39, 0.29) is 18.4 Å². The number of hydrogen-bond donors (Lipinski definition) is 2. The summed E-state index contributed by atoms with van der Waals surface area (Å²) in [4.78, 5) is 27.9. The van der Waals surface area contributed by atoms with Crippen molar-refractivity contribution in [2.45, 2.75) is 20.4 Å². The minimum Gasteiger partial charge on any atom is -0.343 e. The number of rotatable bonds is 5. The van der Waals surface area contributed by atoms with Gasteiger partial charge < -0.3 is 15.1 Å². The highest BCUT2D eigenvalue weighted by Gasteiger charge is 2.24. The lowest BCUT2D eigenvalue weighted by atomic mass is 10.1. The van der Waals surface area contributed by atoms with Crippen LogP contribution in [0.3, 0.4) is 0 Å². The van der Waals surface area contributed by atoms with Crippen LogP contribution in [0.1, 0.15) is 27.0 Å². The first-order valence-electron chi connectivity index (χ1n) is 9.53. The minimum absolute atomic E-state index is 0.00870. The summed E-state index contributed by atoms with van der Waals surface area (Å²) < 4.78 is 0. The van der Waals surface area contributed by atoms with E-state index in [0.29, 0.717) is 5.56 Å². The molecule has 5 nitrogen and oxygen atoms in total. The Labute approximate surface area is 161 Å². The van der Waals surface area contributed by atoms with Crippen molar-refractivity contribution in [2.75, 3.05) is 32.7 Å². The molecule has 2 aromatic carbocycles. The Morgan fingerprint density at radius 2 is 1.67 bits per heavy atom. The summed E-state index contributed by atoms with van der Waals surface area (Å²) in [5.41, 5.74) is 4.25. The fraction of sp³-hybridized carbons (Fsp3) is 0.364. The van der Waals surface area contributed by atoms with Crippen molar-refractivity contribution in [3.8, 4) is 0 Å². The highest BCUT2D eigenvalue weighted by Crippen LogP contribution is 2.04. The van der Waals surface area contributed by atoms with Crippen LogP contribution in [0.4, 0.5) is 0 Å². The Hall–Kier alpha value is -2.66. The summed E-state index contributed by atoms with van der Waals surface area (Å²) in [6.07, 6.45) is 0. The van der Waals surface area contributed by atoms with Gasteiger partial charge in [0.05, 0.1) is 32.7 Å². The molecule has 0 aromatic heterocycles. The molecule has 1 aliphatic rings. The first kappa shape index (κ1) is 19.1. The molecule has 1 aliphatic heterocycles. The molecule has 2 amide bonds. The number of aryl methyl sites for hydroxylation is 2. The second-order valence-electron chi connectivity index (χ2n) is 7.35. The van der Waals surface area contributed by atoms with Gasteiger partial charge in [0.1, 0.15) is 6.54 Å². The molecule has 5 heteroatoms. The molecular formula is C22H28N3O2+. The third kappa shape index (κ3) is 5.41. The topological polar surface area (TPSA) is 53.9 Å². The predicted molar refractivity (Wildman–Crippen MR) is 106 cm³/mol. The van der Waals surface area contributed by atoms with Crippen LogP contribution in [0.25, 0.3) is 0 Å². The van der Waals surface area contributed by atoms with Gasteiger partial charge >= 0.3 is 0 Å². The Morgan fingerprint density at radius 1 is 1.00 bits per heavy atom. The summed E-state index contributed by atoms with van der Waals surface area (Å²) in [6.45, 7) is 8.45. The quantitative estimate of drug-likeness (QED) is 0.828. The second-order valence-corrected chi connectivity index (χ2v) is 7.35. The third-order valence-electron chi connectivity index (χ3n) is 5.04. The largest absolute Gasteiger partial charge is 0.343 e. The van der Waals surface area contributed by atoms with Gasteiger partial charge in [-0.1, -0.05) is 47.5 Å². The van der Waals surface area contributed by atoms with Gasteiger partial charge in [-0.05, 0) is 26.0 Å². The maximum absolute atomic E-state index is 12.4. The number of quaternary nitrogens is 1. The molecule has 1 saturated heterocycles. The summed E-state index contributed by atoms with van der Waals surface area (Å²) in [7, 11) is 0. The third-order valence-corrected chi connectivity index (χ3v) is 5.04. The van der Waals surface area contributed by atoms with Crippen LogP contribution >= 0.6 is 0 Å². The van der Waals surface area contributed by atoms with Crippen molar-refractivity contribution in [1.29, 1.82) is 0 Å². The van der Waals surface area contributed by atoms with Gasteiger partial charge in [0.2, 0.25) is 5.91 Å². The van der Waals surface area contributed by atoms with Crippen LogP contribution in [0.2, 0.25) is 0 Å². The van der Waals surface area contributed by atoms with Crippen molar-refractivity contribution in [2.24, 2.45) is 0 Å². The van der Waals surface area contributed by atoms with Crippen LogP contribution < -0.4 is 10.2 Å². The van der Waals surface area contributed by atoms with Gasteiger partial charge in [0.15, 0.2) is 0 Å². The lowest BCUT2D eigenvalue weighted by Gasteiger charge is -2.32. The van der Waals surface area contributed by atoms with E-state index < -0.39 is 0 Å². The van der Waals surface area contributed by atoms with E-state index in [1.54, 1.807) is 6.07 Å². The Morgan fingerprint density at radius 3 is 2.33 bits per heavy atom. The number of amides is 2. The van der Waals surface area contributed by atoms with Gasteiger partial charge in [-0.15, -0.1) is 0 Å². The Kier molecular flexibility index (Phi) is 6.24. The fourth-order valence-electron chi connectivity index (χ4n) is 3.52. The molecule has 27 heavy (non-hydrogen) atoms. The van der Waals surface area contributed by atoms with E-state index in [9.17, 15) is 9.59 Å². The number of piperazine rings is 1. The standard InChI is InChI=1S/C22H27N3O2/c1-17-5-3-7-19(13-17)16-24-9-11-25(12-10-24)21(26)15-23-22(27)20-8-4-6-18(2)14-20/h3-8,13-14H,9-12,15-16H2,1-2H3,(H,23,27)/p+1. The molecule has 3 rings (SSSR count). The second kappa shape index (κ2) is 8.82. The molecule has 0 aliphatic carbocycles. The van der Waals surface area contributed by atoms with Crippen LogP contribution in [-0.4, -0.2) is 49.4 Å². The van der Waals surface area contributed by atoms with Crippen LogP contribution in [-0.2, 0) is 11.3 Å². The highest BCUT2D eigenvalue weighted by molar-refractivity contribution is 5.96. The SMILES string of the molecule is Cc1cccc(C[NH+]2CCN(C(=O)CNC(=O)c3cccc(C)c3)CC2)c1. The zero-order chi connectivity index (χ0) is 19.2. The summed E-state index contributed by atoms with van der Waals surface area (Å²) in [5.74, 6) is -0.207. The lowest BCUT2D eigenvalue weighted by molar-refractivity contribution is -0.917. The maximum Gasteiger partial charge on any atom is 0.251 e. The zero-order valence-electron chi connectivity index (χ0n) is 16.1. The molecule has 142 valence electrons. The smallest absolute Gasteiger partial charge is 0.251 e. The molecule has 0 atom stereocenters. The molecular weight excluding hydrogens is 338 g/mol. The van der Waals surface area contributed by atoms with Gasteiger partial charge in [-0.3, -0.25) is 9.59 Å². The van der Waals surface area contributed by atoms with E-state index in [0.717, 1.165) is 38.3 Å². The molecule has 2 aromatic rings. The van der Waals surface area contributed by atoms with Gasteiger partial charge in [-0.2, -0.15) is 0 Å². The molecule has 1 heterocycles. The number of carbonyl (C=O) groups excluding carboxylic acids is 2. The van der Waals surface area contributed by atoms with Crippen molar-refractivity contribution in [3.05, 3.63) is 70.8 Å². The highest BCUT2D eigenvalue weighted by atomic mass is 16.2. The maximum atomic E-state index is 12.4. The number of benzene rings is 2. The van der Waals surface area contributed by atoms with Crippen molar-refractivity contribution < 1.29 is 14.5 Å². The van der Waals surface area contributed by atoms with E-state index in [1.165, 1.54) is 16.0 Å². The molecule has 2 N–H and O–H groups in total. The first-order chi connectivity index (χ1) is 13.0. The molecule has 0 bridgehead atoms. The van der Waals surface area contributed by atoms with Gasteiger partial charge in [-0.25, -0.2) is 0 Å². The average molecular weight is 366 g/mol. The summed E-state index contributed by atoms with van der Waals surface area (Å²) in [5, 5.41) is 2.74. The van der Waals surface area contributed by atoms with Gasteiger partial charge in [0, 0.05) is 11.1 Å². The molecule has 0 radical (unpaired) electrons. The lowest BCUT2D eigenvalue weighted by Crippen LogP contribution is -3.13. The monoisotopic (exact) mass is 366 g/mol. The normalized spacial score (nSPS) is 14.8. The van der Waals surface area contributed by atoms with E-state index in [4.69, 9.17) is 0 Å². The van der Waals surface area contributed by atoms with Gasteiger partial charge in [0.25, 0.3) is 5.91 Å². The first-order valence-corrected chi connectivity index (χ1v) is 9.53. The van der Waals surface area contributed by atoms with Crippen LogP contribution in [0, 0.1) is 13.8 Å². The van der Waals surface area contributed by atoms with Crippen molar-refractivity contribution in [1.82, 2.24) is 10.2 Å².